The third-order valence-electron chi connectivity index (χ3n) is 6.51. The van der Waals surface area contributed by atoms with Crippen molar-refractivity contribution in [2.24, 2.45) is 0 Å². The third kappa shape index (κ3) is 3.81. The average molecular weight is 499 g/mol. The fraction of sp³-hybridized carbons (Fsp3) is 0.231. The first-order valence-corrected chi connectivity index (χ1v) is 12.4. The van der Waals surface area contributed by atoms with E-state index in [1.165, 1.54) is 50.3 Å². The Kier molecular flexibility index (Phi) is 5.83. The van der Waals surface area contributed by atoms with Gasteiger partial charge in [-0.3, -0.25) is 0 Å². The third-order valence-corrected chi connectivity index (χ3v) is 8.94. The van der Waals surface area contributed by atoms with Crippen molar-refractivity contribution in [1.29, 1.82) is 0 Å². The van der Waals surface area contributed by atoms with Crippen molar-refractivity contribution >= 4 is 9.84 Å². The van der Waals surface area contributed by atoms with Gasteiger partial charge in [0.15, 0.2) is 21.0 Å². The van der Waals surface area contributed by atoms with Crippen molar-refractivity contribution in [3.05, 3.63) is 107 Å². The predicted octanol–water partition coefficient (Wildman–Crippen LogP) is 3.13. The largest absolute Gasteiger partial charge is 0.509 e. The molecule has 35 heavy (non-hydrogen) atoms. The summed E-state index contributed by atoms with van der Waals surface area (Å²) in [4.78, 5) is 0. The highest BCUT2D eigenvalue weighted by Gasteiger charge is 2.46. The van der Waals surface area contributed by atoms with E-state index in [1.807, 2.05) is 0 Å². The molecule has 0 fully saturated rings. The Labute approximate surface area is 202 Å². The molecule has 4 rings (SSSR count). The Hall–Kier alpha value is -3.53. The Balaban J connectivity index is 1.74. The van der Waals surface area contributed by atoms with E-state index in [-0.39, 0.29) is 33.8 Å². The number of benzene rings is 2. The maximum Gasteiger partial charge on any atom is 0.171 e. The quantitative estimate of drug-likeness (QED) is 0.351. The monoisotopic (exact) mass is 498 g/mol. The molecule has 0 aliphatic heterocycles. The zero-order chi connectivity index (χ0) is 25.8. The summed E-state index contributed by atoms with van der Waals surface area (Å²) in [5, 5.41) is 61.2. The molecule has 0 saturated carbocycles. The molecular weight excluding hydrogens is 472 g/mol. The van der Waals surface area contributed by atoms with Crippen LogP contribution in [0.4, 0.5) is 0 Å². The van der Waals surface area contributed by atoms with Gasteiger partial charge >= 0.3 is 0 Å². The molecule has 4 unspecified atom stereocenters. The van der Waals surface area contributed by atoms with Gasteiger partial charge in [-0.15, -0.1) is 0 Å². The first-order chi connectivity index (χ1) is 16.3. The highest BCUT2D eigenvalue weighted by Crippen LogP contribution is 2.44. The second-order valence-electron chi connectivity index (χ2n) is 8.88. The second-order valence-corrected chi connectivity index (χ2v) is 11.1. The van der Waals surface area contributed by atoms with E-state index < -0.39 is 43.1 Å². The van der Waals surface area contributed by atoms with E-state index in [2.05, 4.69) is 0 Å². The molecule has 2 aromatic rings. The molecule has 184 valence electrons. The summed E-state index contributed by atoms with van der Waals surface area (Å²) < 4.78 is 27.3. The lowest BCUT2D eigenvalue weighted by Crippen LogP contribution is -2.41. The van der Waals surface area contributed by atoms with Crippen molar-refractivity contribution in [2.45, 2.75) is 35.5 Å². The molecule has 2 aliphatic rings. The standard InChI is InChI=1S/C26H26O8S/c1-15-13-25(31,17-7-3-5-9-19(17)27)23(29)11-21(15)35(33,34)22-12-24(30)26(32,14-16(22)2)18-8-4-6-10-20(18)28/h3-14,21-22,27-32H,1-2H3. The molecule has 6 N–H and O–H groups in total. The maximum atomic E-state index is 13.6. The Bertz CT molecular complexity index is 1320. The van der Waals surface area contributed by atoms with Crippen molar-refractivity contribution in [3.63, 3.8) is 0 Å². The summed E-state index contributed by atoms with van der Waals surface area (Å²) in [6, 6.07) is 11.7. The van der Waals surface area contributed by atoms with Gasteiger partial charge in [-0.1, -0.05) is 47.5 Å². The minimum Gasteiger partial charge on any atom is -0.509 e. The number of aliphatic hydroxyl groups is 4. The molecule has 0 spiro atoms. The number of aromatic hydroxyl groups is 2. The van der Waals surface area contributed by atoms with Crippen molar-refractivity contribution in [3.8, 4) is 11.5 Å². The van der Waals surface area contributed by atoms with Crippen LogP contribution in [0.15, 0.2) is 95.5 Å². The Morgan fingerprint density at radius 2 is 1.00 bits per heavy atom. The molecular formula is C26H26O8S. The van der Waals surface area contributed by atoms with Crippen LogP contribution >= 0.6 is 0 Å². The molecule has 0 heterocycles. The van der Waals surface area contributed by atoms with Crippen LogP contribution in [-0.4, -0.2) is 49.6 Å². The topological polar surface area (TPSA) is 156 Å². The molecule has 8 nitrogen and oxygen atoms in total. The number of hydrogen-bond donors (Lipinski definition) is 6. The first kappa shape index (κ1) is 24.6. The number of phenols is 2. The molecule has 0 radical (unpaired) electrons. The van der Waals surface area contributed by atoms with Gasteiger partial charge in [0, 0.05) is 11.1 Å². The maximum absolute atomic E-state index is 13.6. The lowest BCUT2D eigenvalue weighted by atomic mass is 9.84. The van der Waals surface area contributed by atoms with Crippen LogP contribution in [-0.2, 0) is 21.0 Å². The van der Waals surface area contributed by atoms with E-state index in [0.29, 0.717) is 0 Å². The van der Waals surface area contributed by atoms with Crippen LogP contribution in [0.5, 0.6) is 11.5 Å². The summed E-state index contributed by atoms with van der Waals surface area (Å²) in [6.07, 6.45) is 4.34. The highest BCUT2D eigenvalue weighted by atomic mass is 32.2. The van der Waals surface area contributed by atoms with Gasteiger partial charge in [-0.05, 0) is 50.3 Å². The van der Waals surface area contributed by atoms with E-state index >= 15 is 0 Å². The first-order valence-electron chi connectivity index (χ1n) is 10.8. The van der Waals surface area contributed by atoms with Crippen LogP contribution in [0.1, 0.15) is 25.0 Å². The minimum absolute atomic E-state index is 0.0111. The van der Waals surface area contributed by atoms with E-state index in [4.69, 9.17) is 0 Å². The molecule has 0 amide bonds. The van der Waals surface area contributed by atoms with Crippen LogP contribution in [0, 0.1) is 0 Å². The van der Waals surface area contributed by atoms with Gasteiger partial charge in [0.2, 0.25) is 0 Å². The van der Waals surface area contributed by atoms with Crippen molar-refractivity contribution in [1.82, 2.24) is 0 Å². The fourth-order valence-electron chi connectivity index (χ4n) is 4.66. The summed E-state index contributed by atoms with van der Waals surface area (Å²) in [7, 11) is -4.19. The average Bonchev–Trinajstić information content (AvgIpc) is 2.79. The molecule has 0 saturated heterocycles. The molecule has 9 heteroatoms. The summed E-state index contributed by atoms with van der Waals surface area (Å²) in [5.41, 5.74) is -3.89. The van der Waals surface area contributed by atoms with E-state index in [0.717, 1.165) is 12.2 Å². The van der Waals surface area contributed by atoms with Crippen LogP contribution in [0.3, 0.4) is 0 Å². The normalized spacial score (nSPS) is 29.0. The molecule has 2 aromatic carbocycles. The van der Waals surface area contributed by atoms with Gasteiger partial charge < -0.3 is 30.6 Å². The van der Waals surface area contributed by atoms with Crippen molar-refractivity contribution < 1.29 is 39.1 Å². The number of hydrogen-bond acceptors (Lipinski definition) is 8. The fourth-order valence-corrected chi connectivity index (χ4v) is 6.79. The summed E-state index contributed by atoms with van der Waals surface area (Å²) >= 11 is 0. The lowest BCUT2D eigenvalue weighted by Gasteiger charge is -2.35. The van der Waals surface area contributed by atoms with Crippen LogP contribution in [0.25, 0.3) is 0 Å². The minimum atomic E-state index is -4.19. The van der Waals surface area contributed by atoms with Crippen molar-refractivity contribution in [2.75, 3.05) is 0 Å². The number of sulfone groups is 1. The van der Waals surface area contributed by atoms with Crippen LogP contribution in [0.2, 0.25) is 0 Å². The van der Waals surface area contributed by atoms with Gasteiger partial charge in [0.1, 0.15) is 33.5 Å². The summed E-state index contributed by atoms with van der Waals surface area (Å²) in [5.74, 6) is -1.89. The number of rotatable bonds is 4. The second kappa shape index (κ2) is 8.30. The molecule has 0 bridgehead atoms. The number of para-hydroxylation sites is 2. The predicted molar refractivity (Wildman–Crippen MR) is 129 cm³/mol. The molecule has 0 aromatic heterocycles. The van der Waals surface area contributed by atoms with Gasteiger partial charge in [-0.25, -0.2) is 8.42 Å². The molecule has 4 atom stereocenters. The van der Waals surface area contributed by atoms with Gasteiger partial charge in [0.25, 0.3) is 0 Å². The number of aliphatic hydroxyl groups excluding tert-OH is 2. The molecule has 2 aliphatic carbocycles. The van der Waals surface area contributed by atoms with Crippen LogP contribution < -0.4 is 0 Å². The zero-order valence-electron chi connectivity index (χ0n) is 19.0. The van der Waals surface area contributed by atoms with E-state index in [9.17, 15) is 39.1 Å². The van der Waals surface area contributed by atoms with Gasteiger partial charge in [-0.2, -0.15) is 0 Å². The highest BCUT2D eigenvalue weighted by molar-refractivity contribution is 7.93. The Morgan fingerprint density at radius 3 is 1.34 bits per heavy atom. The van der Waals surface area contributed by atoms with Gasteiger partial charge in [0.05, 0.1) is 0 Å². The lowest BCUT2D eigenvalue weighted by molar-refractivity contribution is 0.0725. The summed E-state index contributed by atoms with van der Waals surface area (Å²) in [6.45, 7) is 2.94. The SMILES string of the molecule is CC1=CC(O)(c2ccccc2O)C(O)=CC1S(=O)(=O)C1C=C(O)C(O)(c2ccccc2O)C=C1C. The smallest absolute Gasteiger partial charge is 0.171 e. The number of phenolic OH excluding ortho intramolecular Hbond substituents is 2. The van der Waals surface area contributed by atoms with E-state index in [1.54, 1.807) is 24.3 Å². The zero-order valence-corrected chi connectivity index (χ0v) is 19.8. The Morgan fingerprint density at radius 1 is 0.657 bits per heavy atom.